The number of aromatic nitrogens is 1. The lowest BCUT2D eigenvalue weighted by molar-refractivity contribution is 0.190. The van der Waals surface area contributed by atoms with Gasteiger partial charge in [0.1, 0.15) is 0 Å². The number of hydrogen-bond donors (Lipinski definition) is 1. The fourth-order valence-corrected chi connectivity index (χ4v) is 3.71. The first-order chi connectivity index (χ1) is 10.0. The van der Waals surface area contributed by atoms with E-state index < -0.39 is 0 Å². The van der Waals surface area contributed by atoms with Gasteiger partial charge in [0.2, 0.25) is 0 Å². The van der Waals surface area contributed by atoms with Crippen LogP contribution in [0.15, 0.2) is 24.4 Å². The zero-order valence-electron chi connectivity index (χ0n) is 13.1. The molecule has 0 bridgehead atoms. The number of pyridine rings is 1. The van der Waals surface area contributed by atoms with Gasteiger partial charge in [-0.25, -0.2) is 4.79 Å². The largest absolute Gasteiger partial charge is 0.330 e. The Hall–Kier alpha value is -1.23. The average Bonchev–Trinajstić information content (AvgIpc) is 2.46. The molecule has 0 aromatic carbocycles. The summed E-state index contributed by atoms with van der Waals surface area (Å²) in [5.74, 6) is 1.00. The van der Waals surface area contributed by atoms with Crippen LogP contribution in [-0.4, -0.2) is 39.5 Å². The molecule has 5 heteroatoms. The maximum atomic E-state index is 12.5. The molecule has 1 saturated heterocycles. The molecule has 2 heterocycles. The van der Waals surface area contributed by atoms with Crippen LogP contribution in [0, 0.1) is 0 Å². The van der Waals surface area contributed by atoms with Crippen molar-refractivity contribution in [3.63, 3.8) is 0 Å². The topological polar surface area (TPSA) is 45.2 Å². The van der Waals surface area contributed by atoms with E-state index in [4.69, 9.17) is 0 Å². The molecule has 1 atom stereocenters. The minimum atomic E-state index is 0.00129. The molecule has 0 saturated carbocycles. The van der Waals surface area contributed by atoms with Crippen LogP contribution in [-0.2, 0) is 0 Å². The molecule has 0 unspecified atom stereocenters. The lowest BCUT2D eigenvalue weighted by atomic mass is 10.1. The number of hydrogen-bond acceptors (Lipinski definition) is 3. The van der Waals surface area contributed by atoms with Gasteiger partial charge >= 0.3 is 6.03 Å². The number of thioether (sulfide) groups is 1. The van der Waals surface area contributed by atoms with Crippen molar-refractivity contribution in [3.8, 4) is 0 Å². The smallest absolute Gasteiger partial charge is 0.318 e. The Kier molecular flexibility index (Phi) is 5.51. The van der Waals surface area contributed by atoms with Gasteiger partial charge in [-0.15, -0.1) is 0 Å². The summed E-state index contributed by atoms with van der Waals surface area (Å²) in [6.45, 7) is 8.13. The predicted octanol–water partition coefficient (Wildman–Crippen LogP) is 3.46. The van der Waals surface area contributed by atoms with Crippen molar-refractivity contribution in [2.75, 3.05) is 18.8 Å². The molecule has 1 aromatic rings. The molecular weight excluding hydrogens is 282 g/mol. The highest BCUT2D eigenvalue weighted by atomic mass is 32.2. The summed E-state index contributed by atoms with van der Waals surface area (Å²) in [6.07, 6.45) is 3.71. The van der Waals surface area contributed by atoms with E-state index in [9.17, 15) is 4.79 Å². The van der Waals surface area contributed by atoms with Gasteiger partial charge < -0.3 is 10.2 Å². The highest BCUT2D eigenvalue weighted by Gasteiger charge is 2.30. The summed E-state index contributed by atoms with van der Waals surface area (Å²) in [6, 6.07) is 5.89. The van der Waals surface area contributed by atoms with Crippen LogP contribution in [0.1, 0.15) is 45.3 Å². The summed E-state index contributed by atoms with van der Waals surface area (Å²) < 4.78 is 0.140. The highest BCUT2D eigenvalue weighted by molar-refractivity contribution is 8.00. The molecule has 1 aliphatic rings. The number of carbonyl (C=O) groups excluding carboxylic acids is 1. The van der Waals surface area contributed by atoms with Crippen LogP contribution in [0.2, 0.25) is 0 Å². The SMILES string of the molecule is CCC[C@H](NC(=O)N1CCSC(C)(C)C1)c1ccccn1. The lowest BCUT2D eigenvalue weighted by Gasteiger charge is -2.38. The Labute approximate surface area is 131 Å². The van der Waals surface area contributed by atoms with Crippen molar-refractivity contribution in [2.45, 2.75) is 44.4 Å². The van der Waals surface area contributed by atoms with Crippen molar-refractivity contribution in [3.05, 3.63) is 30.1 Å². The van der Waals surface area contributed by atoms with Gasteiger partial charge in [-0.3, -0.25) is 4.98 Å². The Balaban J connectivity index is 2.01. The number of carbonyl (C=O) groups is 1. The fourth-order valence-electron chi connectivity index (χ4n) is 2.59. The van der Waals surface area contributed by atoms with E-state index in [0.29, 0.717) is 0 Å². The molecule has 21 heavy (non-hydrogen) atoms. The number of nitrogens with zero attached hydrogens (tertiary/aromatic N) is 2. The van der Waals surface area contributed by atoms with E-state index in [-0.39, 0.29) is 16.8 Å². The third-order valence-corrected chi connectivity index (χ3v) is 4.93. The second kappa shape index (κ2) is 7.16. The molecule has 1 N–H and O–H groups in total. The quantitative estimate of drug-likeness (QED) is 0.926. The molecule has 0 radical (unpaired) electrons. The van der Waals surface area contributed by atoms with E-state index in [1.165, 1.54) is 0 Å². The lowest BCUT2D eigenvalue weighted by Crippen LogP contribution is -2.50. The van der Waals surface area contributed by atoms with Crippen LogP contribution in [0.5, 0.6) is 0 Å². The third kappa shape index (κ3) is 4.63. The second-order valence-corrected chi connectivity index (χ2v) is 7.88. The molecule has 0 spiro atoms. The number of nitrogens with one attached hydrogen (secondary N) is 1. The third-order valence-electron chi connectivity index (χ3n) is 3.63. The maximum absolute atomic E-state index is 12.5. The Morgan fingerprint density at radius 3 is 2.95 bits per heavy atom. The first-order valence-corrected chi connectivity index (χ1v) is 8.61. The second-order valence-electron chi connectivity index (χ2n) is 6.08. The van der Waals surface area contributed by atoms with Crippen molar-refractivity contribution < 1.29 is 4.79 Å². The Morgan fingerprint density at radius 1 is 1.52 bits per heavy atom. The standard InChI is InChI=1S/C16H25N3OS/c1-4-7-14(13-8-5-6-9-17-13)18-15(20)19-10-11-21-16(2,3)12-19/h5-6,8-9,14H,4,7,10-12H2,1-3H3,(H,18,20)/t14-/m0/s1. The average molecular weight is 307 g/mol. The van der Waals surface area contributed by atoms with Crippen LogP contribution in [0.25, 0.3) is 0 Å². The number of amides is 2. The van der Waals surface area contributed by atoms with Gasteiger partial charge in [0.15, 0.2) is 0 Å². The predicted molar refractivity (Wildman–Crippen MR) is 88.5 cm³/mol. The van der Waals surface area contributed by atoms with Crippen LogP contribution in [0.3, 0.4) is 0 Å². The molecule has 4 nitrogen and oxygen atoms in total. The molecular formula is C16H25N3OS. The number of rotatable bonds is 4. The Morgan fingerprint density at radius 2 is 2.33 bits per heavy atom. The van der Waals surface area contributed by atoms with E-state index in [1.54, 1.807) is 6.20 Å². The Bertz CT molecular complexity index is 464. The summed E-state index contributed by atoms with van der Waals surface area (Å²) in [5.41, 5.74) is 0.943. The van der Waals surface area contributed by atoms with Gasteiger partial charge in [-0.2, -0.15) is 11.8 Å². The van der Waals surface area contributed by atoms with Gasteiger partial charge in [0.05, 0.1) is 11.7 Å². The molecule has 1 aliphatic heterocycles. The van der Waals surface area contributed by atoms with Gasteiger partial charge in [0, 0.05) is 29.8 Å². The first kappa shape index (κ1) is 16.1. The normalized spacial score (nSPS) is 19.1. The van der Waals surface area contributed by atoms with E-state index in [1.807, 2.05) is 34.9 Å². The van der Waals surface area contributed by atoms with Crippen LogP contribution in [0.4, 0.5) is 4.79 Å². The molecule has 2 amide bonds. The van der Waals surface area contributed by atoms with Crippen molar-refractivity contribution in [2.24, 2.45) is 0 Å². The van der Waals surface area contributed by atoms with Gasteiger partial charge in [0.25, 0.3) is 0 Å². The molecule has 1 fully saturated rings. The first-order valence-electron chi connectivity index (χ1n) is 7.62. The zero-order valence-corrected chi connectivity index (χ0v) is 13.9. The van der Waals surface area contributed by atoms with Crippen LogP contribution >= 0.6 is 11.8 Å². The van der Waals surface area contributed by atoms with E-state index >= 15 is 0 Å². The van der Waals surface area contributed by atoms with Crippen LogP contribution < -0.4 is 5.32 Å². The molecule has 1 aromatic heterocycles. The number of urea groups is 1. The van der Waals surface area contributed by atoms with Crippen molar-refractivity contribution in [1.29, 1.82) is 0 Å². The monoisotopic (exact) mass is 307 g/mol. The molecule has 2 rings (SSSR count). The minimum absolute atomic E-state index is 0.00129. The fraction of sp³-hybridized carbons (Fsp3) is 0.625. The van der Waals surface area contributed by atoms with Gasteiger partial charge in [-0.1, -0.05) is 19.4 Å². The van der Waals surface area contributed by atoms with Gasteiger partial charge in [-0.05, 0) is 32.4 Å². The minimum Gasteiger partial charge on any atom is -0.330 e. The molecule has 0 aliphatic carbocycles. The summed E-state index contributed by atoms with van der Waals surface area (Å²) in [4.78, 5) is 18.8. The van der Waals surface area contributed by atoms with Crippen molar-refractivity contribution in [1.82, 2.24) is 15.2 Å². The summed E-state index contributed by atoms with van der Waals surface area (Å²) in [7, 11) is 0. The summed E-state index contributed by atoms with van der Waals surface area (Å²) >= 11 is 1.93. The van der Waals surface area contributed by atoms with E-state index in [0.717, 1.165) is 37.4 Å². The maximum Gasteiger partial charge on any atom is 0.318 e. The van der Waals surface area contributed by atoms with Crippen molar-refractivity contribution >= 4 is 17.8 Å². The zero-order chi connectivity index (χ0) is 15.3. The molecule has 116 valence electrons. The summed E-state index contributed by atoms with van der Waals surface area (Å²) in [5, 5.41) is 3.16. The van der Waals surface area contributed by atoms with E-state index in [2.05, 4.69) is 31.1 Å². The highest BCUT2D eigenvalue weighted by Crippen LogP contribution is 2.29.